The van der Waals surface area contributed by atoms with E-state index in [0.717, 1.165) is 37.5 Å². The second kappa shape index (κ2) is 6.87. The van der Waals surface area contributed by atoms with E-state index in [4.69, 9.17) is 0 Å². The number of hydrogen-bond donors (Lipinski definition) is 2. The Morgan fingerprint density at radius 2 is 2.05 bits per heavy atom. The molecule has 1 aromatic rings. The van der Waals surface area contributed by atoms with Crippen LogP contribution in [0, 0.1) is 0 Å². The Morgan fingerprint density at radius 1 is 1.20 bits per heavy atom. The summed E-state index contributed by atoms with van der Waals surface area (Å²) in [5.74, 6) is 0. The number of aliphatic hydroxyl groups excluding tert-OH is 1. The van der Waals surface area contributed by atoms with Crippen LogP contribution in [0.2, 0.25) is 0 Å². The van der Waals surface area contributed by atoms with E-state index < -0.39 is 0 Å². The molecular weight excluding hydrogens is 274 g/mol. The molecule has 0 radical (unpaired) electrons. The van der Waals surface area contributed by atoms with Crippen LogP contribution < -0.4 is 5.32 Å². The molecule has 2 saturated carbocycles. The molecule has 2 unspecified atom stereocenters. The summed E-state index contributed by atoms with van der Waals surface area (Å²) in [7, 11) is 0. The van der Waals surface area contributed by atoms with Gasteiger partial charge in [0.15, 0.2) is 0 Å². The minimum Gasteiger partial charge on any atom is -0.392 e. The first kappa shape index (κ1) is 14.3. The molecule has 0 aliphatic heterocycles. The lowest BCUT2D eigenvalue weighted by atomic mass is 10.1. The summed E-state index contributed by atoms with van der Waals surface area (Å²) in [6, 6.07) is 0.714. The van der Waals surface area contributed by atoms with Crippen LogP contribution >= 0.6 is 11.8 Å². The van der Waals surface area contributed by atoms with Crippen molar-refractivity contribution >= 4 is 11.8 Å². The molecule has 0 bridgehead atoms. The lowest BCUT2D eigenvalue weighted by Crippen LogP contribution is -2.24. The van der Waals surface area contributed by atoms with Crippen molar-refractivity contribution in [1.82, 2.24) is 25.5 Å². The van der Waals surface area contributed by atoms with Crippen LogP contribution in [0.5, 0.6) is 0 Å². The molecule has 20 heavy (non-hydrogen) atoms. The molecule has 0 amide bonds. The molecule has 1 heterocycles. The van der Waals surface area contributed by atoms with Crippen LogP contribution in [0.15, 0.2) is 5.16 Å². The number of aliphatic hydroxyl groups is 1. The SMILES string of the molecule is OC1CCCCCC1Sc1nnnn1CCNC1CC1. The van der Waals surface area contributed by atoms with E-state index in [1.807, 2.05) is 4.68 Å². The molecule has 0 saturated heterocycles. The normalized spacial score (nSPS) is 27.4. The van der Waals surface area contributed by atoms with Crippen LogP contribution in [0.1, 0.15) is 44.9 Å². The molecule has 2 aliphatic carbocycles. The third-order valence-electron chi connectivity index (χ3n) is 4.01. The fourth-order valence-electron chi connectivity index (χ4n) is 2.61. The zero-order valence-electron chi connectivity index (χ0n) is 11.7. The maximum Gasteiger partial charge on any atom is 0.209 e. The van der Waals surface area contributed by atoms with E-state index >= 15 is 0 Å². The highest BCUT2D eigenvalue weighted by molar-refractivity contribution is 7.99. The van der Waals surface area contributed by atoms with Crippen molar-refractivity contribution in [2.24, 2.45) is 0 Å². The minimum atomic E-state index is -0.225. The number of nitrogens with one attached hydrogen (secondary N) is 1. The molecule has 2 aliphatic rings. The highest BCUT2D eigenvalue weighted by Crippen LogP contribution is 2.31. The van der Waals surface area contributed by atoms with Gasteiger partial charge in [-0.25, -0.2) is 4.68 Å². The maximum absolute atomic E-state index is 10.2. The van der Waals surface area contributed by atoms with Crippen LogP contribution in [0.25, 0.3) is 0 Å². The third-order valence-corrected chi connectivity index (χ3v) is 5.36. The van der Waals surface area contributed by atoms with Crippen LogP contribution in [0.4, 0.5) is 0 Å². The monoisotopic (exact) mass is 297 g/mol. The molecule has 7 heteroatoms. The molecule has 3 rings (SSSR count). The summed E-state index contributed by atoms with van der Waals surface area (Å²) in [6.07, 6.45) is 7.88. The van der Waals surface area contributed by atoms with Gasteiger partial charge in [0.25, 0.3) is 0 Å². The van der Waals surface area contributed by atoms with Gasteiger partial charge in [0.1, 0.15) is 0 Å². The molecule has 112 valence electrons. The molecule has 6 nitrogen and oxygen atoms in total. The van der Waals surface area contributed by atoms with Crippen molar-refractivity contribution in [3.05, 3.63) is 0 Å². The van der Waals surface area contributed by atoms with E-state index in [2.05, 4.69) is 20.8 Å². The second-order valence-electron chi connectivity index (χ2n) is 5.77. The summed E-state index contributed by atoms with van der Waals surface area (Å²) < 4.78 is 1.86. The Labute approximate surface area is 123 Å². The number of rotatable bonds is 6. The van der Waals surface area contributed by atoms with Gasteiger partial charge < -0.3 is 10.4 Å². The zero-order chi connectivity index (χ0) is 13.8. The van der Waals surface area contributed by atoms with Gasteiger partial charge in [0.2, 0.25) is 5.16 Å². The van der Waals surface area contributed by atoms with Crippen LogP contribution in [-0.4, -0.2) is 49.3 Å². The molecule has 2 fully saturated rings. The largest absolute Gasteiger partial charge is 0.392 e. The average molecular weight is 297 g/mol. The Bertz CT molecular complexity index is 423. The number of hydrogen-bond acceptors (Lipinski definition) is 6. The van der Waals surface area contributed by atoms with Crippen molar-refractivity contribution < 1.29 is 5.11 Å². The van der Waals surface area contributed by atoms with Crippen molar-refractivity contribution in [2.75, 3.05) is 6.54 Å². The van der Waals surface area contributed by atoms with Gasteiger partial charge in [-0.2, -0.15) is 0 Å². The Balaban J connectivity index is 1.54. The van der Waals surface area contributed by atoms with Gasteiger partial charge in [0, 0.05) is 17.8 Å². The third kappa shape index (κ3) is 3.93. The summed E-state index contributed by atoms with van der Waals surface area (Å²) in [6.45, 7) is 1.71. The number of nitrogens with zero attached hydrogens (tertiary/aromatic N) is 4. The van der Waals surface area contributed by atoms with E-state index in [1.165, 1.54) is 25.7 Å². The van der Waals surface area contributed by atoms with Crippen molar-refractivity contribution in [2.45, 2.75) is 74.0 Å². The van der Waals surface area contributed by atoms with Gasteiger partial charge in [-0.05, 0) is 36.1 Å². The highest BCUT2D eigenvalue weighted by atomic mass is 32.2. The smallest absolute Gasteiger partial charge is 0.209 e. The standard InChI is InChI=1S/C13H23N5OS/c19-11-4-2-1-3-5-12(11)20-13-15-16-17-18(13)9-8-14-10-6-7-10/h10-12,14,19H,1-9H2. The Kier molecular flexibility index (Phi) is 4.90. The lowest BCUT2D eigenvalue weighted by Gasteiger charge is -2.18. The number of thioether (sulfide) groups is 1. The van der Waals surface area contributed by atoms with Crippen LogP contribution in [0.3, 0.4) is 0 Å². The van der Waals surface area contributed by atoms with E-state index in [9.17, 15) is 5.11 Å². The first-order valence-corrected chi connectivity index (χ1v) is 8.55. The van der Waals surface area contributed by atoms with Crippen molar-refractivity contribution in [1.29, 1.82) is 0 Å². The summed E-state index contributed by atoms with van der Waals surface area (Å²) in [4.78, 5) is 0. The van der Waals surface area contributed by atoms with Crippen LogP contribution in [-0.2, 0) is 6.54 Å². The van der Waals surface area contributed by atoms with E-state index in [0.29, 0.717) is 6.04 Å². The highest BCUT2D eigenvalue weighted by Gasteiger charge is 2.25. The number of aromatic nitrogens is 4. The molecule has 1 aromatic heterocycles. The van der Waals surface area contributed by atoms with Gasteiger partial charge in [-0.15, -0.1) is 5.10 Å². The maximum atomic E-state index is 10.2. The fraction of sp³-hybridized carbons (Fsp3) is 0.923. The molecule has 2 atom stereocenters. The predicted molar refractivity (Wildman–Crippen MR) is 77.6 cm³/mol. The molecule has 0 aromatic carbocycles. The lowest BCUT2D eigenvalue weighted by molar-refractivity contribution is 0.163. The second-order valence-corrected chi connectivity index (χ2v) is 6.98. The van der Waals surface area contributed by atoms with Gasteiger partial charge in [-0.1, -0.05) is 31.0 Å². The molecule has 2 N–H and O–H groups in total. The summed E-state index contributed by atoms with van der Waals surface area (Å²) in [5, 5.41) is 26.7. The topological polar surface area (TPSA) is 75.9 Å². The Hall–Kier alpha value is -0.660. The van der Waals surface area contributed by atoms with Gasteiger partial charge in [-0.3, -0.25) is 0 Å². The van der Waals surface area contributed by atoms with Gasteiger partial charge >= 0.3 is 0 Å². The first-order chi connectivity index (χ1) is 9.83. The van der Waals surface area contributed by atoms with Crippen molar-refractivity contribution in [3.63, 3.8) is 0 Å². The van der Waals surface area contributed by atoms with Gasteiger partial charge in [0.05, 0.1) is 12.6 Å². The first-order valence-electron chi connectivity index (χ1n) is 7.67. The Morgan fingerprint density at radius 3 is 2.90 bits per heavy atom. The number of tetrazole rings is 1. The fourth-order valence-corrected chi connectivity index (χ4v) is 3.79. The average Bonchev–Trinajstić information content (AvgIpc) is 3.19. The molecular formula is C13H23N5OS. The predicted octanol–water partition coefficient (Wildman–Crippen LogP) is 1.21. The van der Waals surface area contributed by atoms with Crippen molar-refractivity contribution in [3.8, 4) is 0 Å². The summed E-state index contributed by atoms with van der Waals surface area (Å²) in [5.41, 5.74) is 0. The van der Waals surface area contributed by atoms with E-state index in [-0.39, 0.29) is 11.4 Å². The quantitative estimate of drug-likeness (QED) is 0.769. The zero-order valence-corrected chi connectivity index (χ0v) is 12.6. The minimum absolute atomic E-state index is 0.225. The van der Waals surface area contributed by atoms with E-state index in [1.54, 1.807) is 11.8 Å². The summed E-state index contributed by atoms with van der Waals surface area (Å²) >= 11 is 1.64. The molecule has 0 spiro atoms.